The van der Waals surface area contributed by atoms with E-state index >= 15 is 0 Å². The fourth-order valence-electron chi connectivity index (χ4n) is 6.47. The topological polar surface area (TPSA) is 37.4 Å². The summed E-state index contributed by atoms with van der Waals surface area (Å²) >= 11 is 12.6. The molecule has 0 saturated carbocycles. The van der Waals surface area contributed by atoms with Crippen molar-refractivity contribution >= 4 is 40.7 Å². The molecule has 1 saturated heterocycles. The van der Waals surface area contributed by atoms with E-state index in [1.54, 1.807) is 18.2 Å². The van der Waals surface area contributed by atoms with Crippen molar-refractivity contribution < 1.29 is 9.59 Å². The number of halogens is 2. The van der Waals surface area contributed by atoms with Gasteiger partial charge in [-0.2, -0.15) is 0 Å². The standard InChI is InChI=1S/C26H19Cl2NO2/c1-25-15-7-3-5-9-17(15)26(2,18-10-6-4-8-16(18)25)22-21(25)23(30)29(24(22)31)20-13-14(27)11-12-19(20)28/h3-13,21-22H,1-2H3/t21-,22-,25?,26?/m1/s1. The molecule has 1 heterocycles. The lowest BCUT2D eigenvalue weighted by atomic mass is 9.42. The Morgan fingerprint density at radius 1 is 0.710 bits per heavy atom. The molecule has 3 nitrogen and oxygen atoms in total. The van der Waals surface area contributed by atoms with E-state index in [0.29, 0.717) is 15.7 Å². The number of carbonyl (C=O) groups excluding carboxylic acids is 2. The van der Waals surface area contributed by atoms with Crippen molar-refractivity contribution in [3.8, 4) is 0 Å². The van der Waals surface area contributed by atoms with Crippen LogP contribution in [0.3, 0.4) is 0 Å². The predicted molar refractivity (Wildman–Crippen MR) is 122 cm³/mol. The number of anilines is 1. The van der Waals surface area contributed by atoms with Gasteiger partial charge in [0, 0.05) is 15.9 Å². The lowest BCUT2D eigenvalue weighted by molar-refractivity contribution is -0.124. The van der Waals surface area contributed by atoms with Crippen LogP contribution in [-0.2, 0) is 20.4 Å². The van der Waals surface area contributed by atoms with E-state index in [4.69, 9.17) is 23.2 Å². The smallest absolute Gasteiger partial charge is 0.239 e. The van der Waals surface area contributed by atoms with Crippen LogP contribution < -0.4 is 4.90 Å². The molecule has 3 aromatic carbocycles. The monoisotopic (exact) mass is 447 g/mol. The molecule has 4 aliphatic rings. The van der Waals surface area contributed by atoms with Crippen molar-refractivity contribution in [2.24, 2.45) is 11.8 Å². The van der Waals surface area contributed by atoms with Crippen LogP contribution in [0.4, 0.5) is 5.69 Å². The van der Waals surface area contributed by atoms with E-state index in [9.17, 15) is 9.59 Å². The zero-order valence-electron chi connectivity index (χ0n) is 17.0. The molecule has 1 aliphatic heterocycles. The molecule has 2 amide bonds. The summed E-state index contributed by atoms with van der Waals surface area (Å²) in [5, 5.41) is 0.768. The first-order valence-electron chi connectivity index (χ1n) is 10.3. The summed E-state index contributed by atoms with van der Waals surface area (Å²) in [5.41, 5.74) is 3.63. The molecule has 7 rings (SSSR count). The second-order valence-electron chi connectivity index (χ2n) is 9.06. The fourth-order valence-corrected chi connectivity index (χ4v) is 6.83. The molecule has 0 unspecified atom stereocenters. The average molecular weight is 448 g/mol. The van der Waals surface area contributed by atoms with Crippen LogP contribution in [0, 0.1) is 11.8 Å². The first kappa shape index (κ1) is 19.1. The number of imide groups is 1. The number of nitrogens with zero attached hydrogens (tertiary/aromatic N) is 1. The maximum absolute atomic E-state index is 14.0. The Morgan fingerprint density at radius 2 is 1.13 bits per heavy atom. The summed E-state index contributed by atoms with van der Waals surface area (Å²) in [6.45, 7) is 4.21. The van der Waals surface area contributed by atoms with Crippen LogP contribution in [0.1, 0.15) is 36.1 Å². The van der Waals surface area contributed by atoms with Crippen molar-refractivity contribution in [1.29, 1.82) is 0 Å². The van der Waals surface area contributed by atoms with Gasteiger partial charge in [-0.25, -0.2) is 4.90 Å². The molecular formula is C26H19Cl2NO2. The molecule has 5 heteroatoms. The van der Waals surface area contributed by atoms with Crippen LogP contribution >= 0.6 is 23.2 Å². The largest absolute Gasteiger partial charge is 0.274 e. The molecular weight excluding hydrogens is 429 g/mol. The van der Waals surface area contributed by atoms with Crippen molar-refractivity contribution in [3.63, 3.8) is 0 Å². The minimum absolute atomic E-state index is 0.211. The summed E-state index contributed by atoms with van der Waals surface area (Å²) < 4.78 is 0. The molecule has 31 heavy (non-hydrogen) atoms. The van der Waals surface area contributed by atoms with Crippen LogP contribution in [0.5, 0.6) is 0 Å². The van der Waals surface area contributed by atoms with Gasteiger partial charge in [-0.1, -0.05) is 85.6 Å². The Balaban J connectivity index is 1.67. The van der Waals surface area contributed by atoms with Crippen molar-refractivity contribution in [2.75, 3.05) is 4.90 Å². The number of rotatable bonds is 1. The highest BCUT2D eigenvalue weighted by Gasteiger charge is 2.70. The molecule has 0 spiro atoms. The zero-order valence-corrected chi connectivity index (χ0v) is 18.5. The highest BCUT2D eigenvalue weighted by molar-refractivity contribution is 6.38. The predicted octanol–water partition coefficient (Wildman–Crippen LogP) is 5.74. The molecule has 1 fully saturated rings. The summed E-state index contributed by atoms with van der Waals surface area (Å²) in [6.07, 6.45) is 0. The first-order chi connectivity index (χ1) is 14.8. The number of hydrogen-bond acceptors (Lipinski definition) is 2. The summed E-state index contributed by atoms with van der Waals surface area (Å²) in [6, 6.07) is 21.4. The van der Waals surface area contributed by atoms with Crippen molar-refractivity contribution in [3.05, 3.63) is 99.0 Å². The Kier molecular flexibility index (Phi) is 3.69. The van der Waals surface area contributed by atoms with Crippen LogP contribution in [0.25, 0.3) is 0 Å². The van der Waals surface area contributed by atoms with E-state index < -0.39 is 22.7 Å². The van der Waals surface area contributed by atoms with E-state index in [1.165, 1.54) is 4.90 Å². The van der Waals surface area contributed by atoms with E-state index in [1.807, 2.05) is 24.3 Å². The number of hydrogen-bond donors (Lipinski definition) is 0. The van der Waals surface area contributed by atoms with E-state index in [0.717, 1.165) is 22.3 Å². The second kappa shape index (κ2) is 5.99. The molecule has 3 aromatic rings. The van der Waals surface area contributed by atoms with Gasteiger partial charge in [-0.05, 0) is 40.5 Å². The van der Waals surface area contributed by atoms with Crippen molar-refractivity contribution in [2.45, 2.75) is 24.7 Å². The highest BCUT2D eigenvalue weighted by atomic mass is 35.5. The molecule has 2 atom stereocenters. The number of benzene rings is 3. The molecule has 3 aliphatic carbocycles. The number of amides is 2. The van der Waals surface area contributed by atoms with Crippen molar-refractivity contribution in [1.82, 2.24) is 0 Å². The fraction of sp³-hybridized carbons (Fsp3) is 0.231. The quantitative estimate of drug-likeness (QED) is 0.446. The molecule has 0 radical (unpaired) electrons. The SMILES string of the molecule is CC12c3ccccc3C(C)(c3ccccc31)[C@H]1C(=O)N(c3cc(Cl)ccc3Cl)C(=O)[C@@H]12. The normalized spacial score (nSPS) is 30.3. The molecule has 154 valence electrons. The van der Waals surface area contributed by atoms with Gasteiger partial charge in [0.05, 0.1) is 22.5 Å². The first-order valence-corrected chi connectivity index (χ1v) is 11.1. The van der Waals surface area contributed by atoms with Gasteiger partial charge < -0.3 is 0 Å². The Bertz CT molecular complexity index is 1190. The lowest BCUT2D eigenvalue weighted by Crippen LogP contribution is -2.59. The summed E-state index contributed by atoms with van der Waals surface area (Å²) in [7, 11) is 0. The van der Waals surface area contributed by atoms with Gasteiger partial charge in [0.1, 0.15) is 0 Å². The third-order valence-electron chi connectivity index (χ3n) is 7.79. The molecule has 0 aromatic heterocycles. The van der Waals surface area contributed by atoms with Gasteiger partial charge >= 0.3 is 0 Å². The minimum Gasteiger partial charge on any atom is -0.274 e. The Hall–Kier alpha value is -2.62. The zero-order chi connectivity index (χ0) is 21.7. The Morgan fingerprint density at radius 3 is 1.55 bits per heavy atom. The van der Waals surface area contributed by atoms with Gasteiger partial charge in [-0.15, -0.1) is 0 Å². The highest BCUT2D eigenvalue weighted by Crippen LogP contribution is 2.66. The summed E-state index contributed by atoms with van der Waals surface area (Å²) in [5.74, 6) is -1.44. The van der Waals surface area contributed by atoms with Gasteiger partial charge in [0.15, 0.2) is 0 Å². The third kappa shape index (κ3) is 2.07. The van der Waals surface area contributed by atoms with Crippen LogP contribution in [0.15, 0.2) is 66.7 Å². The Labute approximate surface area is 190 Å². The molecule has 0 N–H and O–H groups in total. The average Bonchev–Trinajstić information content (AvgIpc) is 3.05. The second-order valence-corrected chi connectivity index (χ2v) is 9.90. The number of carbonyl (C=O) groups is 2. The van der Waals surface area contributed by atoms with Gasteiger partial charge in [-0.3, -0.25) is 9.59 Å². The van der Waals surface area contributed by atoms with E-state index in [2.05, 4.69) is 38.1 Å². The van der Waals surface area contributed by atoms with E-state index in [-0.39, 0.29) is 11.8 Å². The van der Waals surface area contributed by atoms with Crippen LogP contribution in [-0.4, -0.2) is 11.8 Å². The minimum atomic E-state index is -0.609. The third-order valence-corrected chi connectivity index (χ3v) is 8.35. The van der Waals surface area contributed by atoms with Gasteiger partial charge in [0.25, 0.3) is 0 Å². The lowest BCUT2D eigenvalue weighted by Gasteiger charge is -2.57. The maximum atomic E-state index is 14.0. The van der Waals surface area contributed by atoms with Crippen LogP contribution in [0.2, 0.25) is 10.0 Å². The molecule has 2 bridgehead atoms. The maximum Gasteiger partial charge on any atom is 0.239 e. The summed E-state index contributed by atoms with van der Waals surface area (Å²) in [4.78, 5) is 29.2. The van der Waals surface area contributed by atoms with Gasteiger partial charge in [0.2, 0.25) is 11.8 Å².